The van der Waals surface area contributed by atoms with Gasteiger partial charge in [-0.2, -0.15) is 4.31 Å². The molecule has 0 spiro atoms. The van der Waals surface area contributed by atoms with Crippen molar-refractivity contribution in [1.82, 2.24) is 14.1 Å². The topological polar surface area (TPSA) is 78.0 Å². The number of fused-ring (bicyclic) bond motifs is 1. The molecule has 0 saturated carbocycles. The van der Waals surface area contributed by atoms with Crippen LogP contribution in [0.2, 0.25) is 0 Å². The van der Waals surface area contributed by atoms with Crippen LogP contribution in [0, 0.1) is 5.82 Å². The van der Waals surface area contributed by atoms with Crippen molar-refractivity contribution in [2.75, 3.05) is 38.5 Å². The molecule has 3 heterocycles. The van der Waals surface area contributed by atoms with Crippen LogP contribution in [0.15, 0.2) is 29.2 Å². The van der Waals surface area contributed by atoms with E-state index in [-0.39, 0.29) is 42.9 Å². The van der Waals surface area contributed by atoms with Crippen LogP contribution in [0.25, 0.3) is 0 Å². The third-order valence-corrected chi connectivity index (χ3v) is 8.76. The summed E-state index contributed by atoms with van der Waals surface area (Å²) in [6.45, 7) is 1.52. The number of carbonyl (C=O) groups excluding carboxylic acids is 2. The highest BCUT2D eigenvalue weighted by atomic mass is 32.2. The molecule has 0 aromatic heterocycles. The zero-order chi connectivity index (χ0) is 19.2. The number of sulfonamides is 1. The second-order valence-corrected chi connectivity index (χ2v) is 10.1. The lowest BCUT2D eigenvalue weighted by molar-refractivity contribution is -0.143. The van der Waals surface area contributed by atoms with Gasteiger partial charge in [-0.25, -0.2) is 12.8 Å². The fourth-order valence-electron chi connectivity index (χ4n) is 3.93. The van der Waals surface area contributed by atoms with Gasteiger partial charge in [-0.15, -0.1) is 11.8 Å². The predicted molar refractivity (Wildman–Crippen MR) is 97.9 cm³/mol. The van der Waals surface area contributed by atoms with E-state index in [1.54, 1.807) is 9.80 Å². The van der Waals surface area contributed by atoms with Crippen molar-refractivity contribution >= 4 is 33.6 Å². The van der Waals surface area contributed by atoms with E-state index < -0.39 is 20.7 Å². The minimum Gasteiger partial charge on any atom is -0.337 e. The fourth-order valence-corrected chi connectivity index (χ4v) is 6.81. The maximum atomic E-state index is 13.1. The number of amides is 2. The molecule has 4 rings (SSSR count). The lowest BCUT2D eigenvalue weighted by atomic mass is 10.1. The van der Waals surface area contributed by atoms with E-state index in [2.05, 4.69) is 0 Å². The molecular formula is C17H20FN3O4S2. The first-order valence-electron chi connectivity index (χ1n) is 8.84. The number of rotatable bonds is 3. The largest absolute Gasteiger partial charge is 0.337 e. The summed E-state index contributed by atoms with van der Waals surface area (Å²) in [4.78, 5) is 27.8. The highest BCUT2D eigenvalue weighted by molar-refractivity contribution is 8.01. The number of hydrogen-bond acceptors (Lipinski definition) is 5. The van der Waals surface area contributed by atoms with Crippen LogP contribution in [-0.4, -0.2) is 77.7 Å². The summed E-state index contributed by atoms with van der Waals surface area (Å²) in [5.41, 5.74) is 0. The van der Waals surface area contributed by atoms with Gasteiger partial charge in [0, 0.05) is 44.9 Å². The molecule has 1 aromatic carbocycles. The van der Waals surface area contributed by atoms with Gasteiger partial charge in [0.1, 0.15) is 5.82 Å². The number of thioether (sulfide) groups is 1. The van der Waals surface area contributed by atoms with Gasteiger partial charge in [0.2, 0.25) is 15.9 Å². The zero-order valence-corrected chi connectivity index (χ0v) is 16.3. The molecule has 2 amide bonds. The fraction of sp³-hybridized carbons (Fsp3) is 0.529. The number of hydrogen-bond donors (Lipinski definition) is 0. The van der Waals surface area contributed by atoms with Crippen LogP contribution in [-0.2, 0) is 19.6 Å². The molecule has 27 heavy (non-hydrogen) atoms. The molecule has 0 aliphatic carbocycles. The molecule has 3 aliphatic heterocycles. The first kappa shape index (κ1) is 18.7. The smallest absolute Gasteiger partial charge is 0.259 e. The molecule has 7 nitrogen and oxygen atoms in total. The summed E-state index contributed by atoms with van der Waals surface area (Å²) in [5.74, 6) is 0.185. The number of carbonyl (C=O) groups is 2. The molecule has 1 aromatic rings. The lowest BCUT2D eigenvalue weighted by Gasteiger charge is -2.39. The maximum Gasteiger partial charge on any atom is 0.259 e. The monoisotopic (exact) mass is 413 g/mol. The molecule has 0 N–H and O–H groups in total. The van der Waals surface area contributed by atoms with E-state index in [0.29, 0.717) is 19.4 Å². The van der Waals surface area contributed by atoms with Crippen molar-refractivity contribution < 1.29 is 22.4 Å². The molecule has 1 atom stereocenters. The summed E-state index contributed by atoms with van der Waals surface area (Å²) >= 11 is 1.52. The van der Waals surface area contributed by atoms with Crippen LogP contribution < -0.4 is 0 Å². The van der Waals surface area contributed by atoms with Gasteiger partial charge >= 0.3 is 0 Å². The van der Waals surface area contributed by atoms with Gasteiger partial charge in [-0.3, -0.25) is 9.59 Å². The van der Waals surface area contributed by atoms with Crippen molar-refractivity contribution in [3.63, 3.8) is 0 Å². The molecule has 10 heteroatoms. The Morgan fingerprint density at radius 1 is 1.07 bits per heavy atom. The zero-order valence-electron chi connectivity index (χ0n) is 14.6. The Bertz CT molecular complexity index is 869. The van der Waals surface area contributed by atoms with Crippen LogP contribution in [0.4, 0.5) is 4.39 Å². The van der Waals surface area contributed by atoms with Gasteiger partial charge in [-0.05, 0) is 30.7 Å². The summed E-state index contributed by atoms with van der Waals surface area (Å²) in [6, 6.07) is 4.74. The Labute approximate surface area is 161 Å². The van der Waals surface area contributed by atoms with E-state index in [0.717, 1.165) is 17.9 Å². The highest BCUT2D eigenvalue weighted by Crippen LogP contribution is 2.46. The van der Waals surface area contributed by atoms with Crippen LogP contribution >= 0.6 is 11.8 Å². The van der Waals surface area contributed by atoms with Gasteiger partial charge in [0.15, 0.2) is 4.87 Å². The molecule has 0 radical (unpaired) electrons. The standard InChI is InChI=1S/C17H20FN3O4S2/c18-13-1-3-14(4-2-13)27(24,25)20-9-7-19(8-10-20)16(23)17-6-5-15(22)21(17)11-12-26-17/h1-4H,5-12H2. The Morgan fingerprint density at radius 2 is 1.74 bits per heavy atom. The molecule has 3 aliphatic rings. The molecule has 1 unspecified atom stereocenters. The predicted octanol–water partition coefficient (Wildman–Crippen LogP) is 0.724. The number of piperazine rings is 1. The lowest BCUT2D eigenvalue weighted by Crippen LogP contribution is -2.58. The molecular weight excluding hydrogens is 393 g/mol. The first-order chi connectivity index (χ1) is 12.8. The average molecular weight is 413 g/mol. The van der Waals surface area contributed by atoms with E-state index in [9.17, 15) is 22.4 Å². The second kappa shape index (κ2) is 6.75. The summed E-state index contributed by atoms with van der Waals surface area (Å²) in [7, 11) is -3.72. The van der Waals surface area contributed by atoms with Crippen molar-refractivity contribution in [3.05, 3.63) is 30.1 Å². The first-order valence-corrected chi connectivity index (χ1v) is 11.3. The summed E-state index contributed by atoms with van der Waals surface area (Å²) in [5, 5.41) is 0. The number of nitrogens with zero attached hydrogens (tertiary/aromatic N) is 3. The third-order valence-electron chi connectivity index (χ3n) is 5.38. The van der Waals surface area contributed by atoms with Crippen molar-refractivity contribution in [2.24, 2.45) is 0 Å². The van der Waals surface area contributed by atoms with Gasteiger partial charge in [0.25, 0.3) is 5.91 Å². The Kier molecular flexibility index (Phi) is 4.68. The second-order valence-electron chi connectivity index (χ2n) is 6.83. The molecule has 146 valence electrons. The molecule has 3 saturated heterocycles. The summed E-state index contributed by atoms with van der Waals surface area (Å²) < 4.78 is 39.8. The van der Waals surface area contributed by atoms with E-state index in [1.165, 1.54) is 28.2 Å². The van der Waals surface area contributed by atoms with Gasteiger partial charge in [-0.1, -0.05) is 0 Å². The number of benzene rings is 1. The highest BCUT2D eigenvalue weighted by Gasteiger charge is 2.56. The van der Waals surface area contributed by atoms with Crippen LogP contribution in [0.5, 0.6) is 0 Å². The SMILES string of the molecule is O=C1CCC2(C(=O)N3CCN(S(=O)(=O)c4ccc(F)cc4)CC3)SCCN12. The van der Waals surface area contributed by atoms with Crippen molar-refractivity contribution in [3.8, 4) is 0 Å². The van der Waals surface area contributed by atoms with E-state index >= 15 is 0 Å². The van der Waals surface area contributed by atoms with Gasteiger partial charge in [0.05, 0.1) is 4.90 Å². The van der Waals surface area contributed by atoms with Gasteiger partial charge < -0.3 is 9.80 Å². The maximum absolute atomic E-state index is 13.1. The normalized spacial score (nSPS) is 26.5. The third kappa shape index (κ3) is 3.03. The molecule has 3 fully saturated rings. The number of halogens is 1. The summed E-state index contributed by atoms with van der Waals surface area (Å²) in [6.07, 6.45) is 0.904. The van der Waals surface area contributed by atoms with E-state index in [1.807, 2.05) is 0 Å². The van der Waals surface area contributed by atoms with E-state index in [4.69, 9.17) is 0 Å². The van der Waals surface area contributed by atoms with Crippen molar-refractivity contribution in [1.29, 1.82) is 0 Å². The Morgan fingerprint density at radius 3 is 2.41 bits per heavy atom. The minimum absolute atomic E-state index is 0.0193. The quantitative estimate of drug-likeness (QED) is 0.730. The van der Waals surface area contributed by atoms with Crippen LogP contribution in [0.3, 0.4) is 0 Å². The van der Waals surface area contributed by atoms with Crippen molar-refractivity contribution in [2.45, 2.75) is 22.6 Å². The Hall–Kier alpha value is -1.65. The minimum atomic E-state index is -3.72. The Balaban J connectivity index is 1.45. The van der Waals surface area contributed by atoms with Crippen LogP contribution in [0.1, 0.15) is 12.8 Å². The molecule has 0 bridgehead atoms. The average Bonchev–Trinajstić information content (AvgIpc) is 3.23.